The fraction of sp³-hybridized carbons (Fsp3) is 0.300. The number of rotatable bonds is 5. The van der Waals surface area contributed by atoms with Crippen LogP contribution in [0.3, 0.4) is 0 Å². The van der Waals surface area contributed by atoms with Crippen molar-refractivity contribution in [1.29, 1.82) is 0 Å². The Labute approximate surface area is 168 Å². The van der Waals surface area contributed by atoms with Crippen LogP contribution in [0.25, 0.3) is 22.2 Å². The zero-order valence-corrected chi connectivity index (χ0v) is 16.8. The first kappa shape index (κ1) is 20.4. The summed E-state index contributed by atoms with van der Waals surface area (Å²) in [6, 6.07) is 15.2. The molecular weight excluding hydrogens is 437 g/mol. The van der Waals surface area contributed by atoms with E-state index in [-0.39, 0.29) is 6.54 Å². The normalized spacial score (nSPS) is 12.4. The Hall–Kier alpha value is -2.35. The summed E-state index contributed by atoms with van der Waals surface area (Å²) >= 11 is 3.40. The molecule has 0 bridgehead atoms. The molecule has 0 saturated heterocycles. The summed E-state index contributed by atoms with van der Waals surface area (Å²) in [7, 11) is 0. The van der Waals surface area contributed by atoms with E-state index in [1.165, 1.54) is 0 Å². The molecule has 4 nitrogen and oxygen atoms in total. The lowest BCUT2D eigenvalue weighted by molar-refractivity contribution is -0.193. The van der Waals surface area contributed by atoms with Crippen molar-refractivity contribution in [1.82, 2.24) is 9.78 Å². The van der Waals surface area contributed by atoms with Gasteiger partial charge in [0.05, 0.1) is 17.5 Å². The third-order valence-electron chi connectivity index (χ3n) is 4.24. The average Bonchev–Trinajstić information content (AvgIpc) is 2.98. The van der Waals surface area contributed by atoms with Gasteiger partial charge >= 0.3 is 12.1 Å². The fourth-order valence-electron chi connectivity index (χ4n) is 2.85. The Morgan fingerprint density at radius 1 is 1.11 bits per heavy atom. The Morgan fingerprint density at radius 3 is 2.39 bits per heavy atom. The first-order valence-corrected chi connectivity index (χ1v) is 9.32. The van der Waals surface area contributed by atoms with Crippen molar-refractivity contribution in [3.63, 3.8) is 0 Å². The number of esters is 1. The van der Waals surface area contributed by atoms with Crippen LogP contribution in [-0.4, -0.2) is 28.5 Å². The number of ether oxygens (including phenoxy) is 1. The summed E-state index contributed by atoms with van der Waals surface area (Å²) in [6.45, 7) is 1.57. The summed E-state index contributed by atoms with van der Waals surface area (Å²) in [5, 5.41) is 5.53. The smallest absolute Gasteiger partial charge is 0.422 e. The number of alkyl halides is 3. The van der Waals surface area contributed by atoms with E-state index < -0.39 is 24.2 Å². The highest BCUT2D eigenvalue weighted by atomic mass is 79.9. The molecule has 148 valence electrons. The quantitative estimate of drug-likeness (QED) is 0.471. The molecule has 28 heavy (non-hydrogen) atoms. The van der Waals surface area contributed by atoms with Crippen LogP contribution in [0.4, 0.5) is 13.2 Å². The van der Waals surface area contributed by atoms with Crippen molar-refractivity contribution in [2.24, 2.45) is 5.41 Å². The largest absolute Gasteiger partial charge is 0.456 e. The van der Waals surface area contributed by atoms with Gasteiger partial charge in [0.25, 0.3) is 0 Å². The highest BCUT2D eigenvalue weighted by Crippen LogP contribution is 2.31. The van der Waals surface area contributed by atoms with Crippen LogP contribution < -0.4 is 0 Å². The monoisotopic (exact) mass is 454 g/mol. The minimum Gasteiger partial charge on any atom is -0.456 e. The molecule has 1 aromatic heterocycles. The number of halogens is 4. The van der Waals surface area contributed by atoms with Crippen LogP contribution in [0.2, 0.25) is 0 Å². The third kappa shape index (κ3) is 4.55. The van der Waals surface area contributed by atoms with Gasteiger partial charge < -0.3 is 4.74 Å². The average molecular weight is 455 g/mol. The maximum absolute atomic E-state index is 12.4. The SMILES string of the molecule is CC(C)(Cn1nc(-c2ccc(Br)cc2)c2ccccc21)C(=O)OCC(F)(F)F. The molecule has 0 aliphatic carbocycles. The molecule has 0 radical (unpaired) electrons. The van der Waals surface area contributed by atoms with Crippen LogP contribution in [0.15, 0.2) is 53.0 Å². The van der Waals surface area contributed by atoms with Gasteiger partial charge in [0.1, 0.15) is 5.69 Å². The van der Waals surface area contributed by atoms with Crippen molar-refractivity contribution in [3.05, 3.63) is 53.0 Å². The summed E-state index contributed by atoms with van der Waals surface area (Å²) in [6.07, 6.45) is -4.56. The zero-order valence-electron chi connectivity index (χ0n) is 15.3. The Morgan fingerprint density at radius 2 is 1.75 bits per heavy atom. The topological polar surface area (TPSA) is 44.1 Å². The molecule has 0 aliphatic heterocycles. The number of carbonyl (C=O) groups is 1. The number of benzene rings is 2. The molecule has 0 fully saturated rings. The van der Waals surface area contributed by atoms with Gasteiger partial charge in [-0.1, -0.05) is 46.3 Å². The maximum atomic E-state index is 12.4. The lowest BCUT2D eigenvalue weighted by Gasteiger charge is -2.23. The Bertz CT molecular complexity index is 995. The molecule has 0 saturated carbocycles. The second-order valence-electron chi connectivity index (χ2n) is 7.11. The van der Waals surface area contributed by atoms with Gasteiger partial charge in [-0.2, -0.15) is 18.3 Å². The van der Waals surface area contributed by atoms with Gasteiger partial charge in [-0.15, -0.1) is 0 Å². The minimum absolute atomic E-state index is 0.0841. The molecule has 0 N–H and O–H groups in total. The van der Waals surface area contributed by atoms with Crippen LogP contribution >= 0.6 is 15.9 Å². The number of hydrogen-bond acceptors (Lipinski definition) is 3. The fourth-order valence-corrected chi connectivity index (χ4v) is 3.11. The van der Waals surface area contributed by atoms with Gasteiger partial charge in [-0.3, -0.25) is 9.48 Å². The number of carbonyl (C=O) groups excluding carboxylic acids is 1. The number of fused-ring (bicyclic) bond motifs is 1. The van der Waals surface area contributed by atoms with Gasteiger partial charge in [0.15, 0.2) is 6.61 Å². The zero-order chi connectivity index (χ0) is 20.5. The van der Waals surface area contributed by atoms with E-state index >= 15 is 0 Å². The lowest BCUT2D eigenvalue weighted by atomic mass is 9.94. The predicted molar refractivity (Wildman–Crippen MR) is 104 cm³/mol. The van der Waals surface area contributed by atoms with E-state index in [0.29, 0.717) is 0 Å². The first-order chi connectivity index (χ1) is 13.1. The summed E-state index contributed by atoms with van der Waals surface area (Å²) in [5.74, 6) is -0.922. The molecule has 1 heterocycles. The van der Waals surface area contributed by atoms with Crippen LogP contribution in [0.1, 0.15) is 13.8 Å². The molecule has 3 rings (SSSR count). The molecule has 0 spiro atoms. The van der Waals surface area contributed by atoms with E-state index in [9.17, 15) is 18.0 Å². The van der Waals surface area contributed by atoms with Crippen LogP contribution in [-0.2, 0) is 16.1 Å². The highest BCUT2D eigenvalue weighted by Gasteiger charge is 2.36. The lowest BCUT2D eigenvalue weighted by Crippen LogP contribution is -2.34. The number of nitrogens with zero attached hydrogens (tertiary/aromatic N) is 2. The van der Waals surface area contributed by atoms with Gasteiger partial charge in [-0.05, 0) is 32.0 Å². The Balaban J connectivity index is 1.93. The molecule has 0 unspecified atom stereocenters. The van der Waals surface area contributed by atoms with Gasteiger partial charge in [-0.25, -0.2) is 0 Å². The van der Waals surface area contributed by atoms with Crippen molar-refractivity contribution < 1.29 is 22.7 Å². The molecule has 8 heteroatoms. The second kappa shape index (κ2) is 7.58. The van der Waals surface area contributed by atoms with E-state index in [0.717, 1.165) is 26.6 Å². The molecule has 2 aromatic carbocycles. The molecule has 3 aromatic rings. The van der Waals surface area contributed by atoms with Gasteiger partial charge in [0, 0.05) is 15.4 Å². The third-order valence-corrected chi connectivity index (χ3v) is 4.77. The van der Waals surface area contributed by atoms with Crippen molar-refractivity contribution in [3.8, 4) is 11.3 Å². The maximum Gasteiger partial charge on any atom is 0.422 e. The van der Waals surface area contributed by atoms with E-state index in [1.807, 2.05) is 48.5 Å². The van der Waals surface area contributed by atoms with Gasteiger partial charge in [0.2, 0.25) is 0 Å². The van der Waals surface area contributed by atoms with E-state index in [1.54, 1.807) is 18.5 Å². The number of hydrogen-bond donors (Lipinski definition) is 0. The molecular formula is C20H18BrF3N2O2. The first-order valence-electron chi connectivity index (χ1n) is 8.52. The summed E-state index contributed by atoms with van der Waals surface area (Å²) < 4.78 is 44.1. The van der Waals surface area contributed by atoms with Crippen molar-refractivity contribution >= 4 is 32.8 Å². The number of aromatic nitrogens is 2. The standard InChI is InChI=1S/C20H18BrF3N2O2/c1-19(2,18(27)28-12-20(22,23)24)11-26-16-6-4-3-5-15(16)17(25-26)13-7-9-14(21)10-8-13/h3-10H,11-12H2,1-2H3. The highest BCUT2D eigenvalue weighted by molar-refractivity contribution is 9.10. The summed E-state index contributed by atoms with van der Waals surface area (Å²) in [4.78, 5) is 12.2. The number of para-hydroxylation sites is 1. The van der Waals surface area contributed by atoms with Crippen molar-refractivity contribution in [2.75, 3.05) is 6.61 Å². The molecule has 0 aliphatic rings. The second-order valence-corrected chi connectivity index (χ2v) is 8.02. The summed E-state index contributed by atoms with van der Waals surface area (Å²) in [5.41, 5.74) is 1.24. The molecule has 0 amide bonds. The minimum atomic E-state index is -4.56. The van der Waals surface area contributed by atoms with E-state index in [4.69, 9.17) is 0 Å². The predicted octanol–water partition coefficient (Wildman–Crippen LogP) is 5.60. The van der Waals surface area contributed by atoms with Crippen LogP contribution in [0, 0.1) is 5.41 Å². The van der Waals surface area contributed by atoms with Crippen molar-refractivity contribution in [2.45, 2.75) is 26.6 Å². The molecule has 0 atom stereocenters. The van der Waals surface area contributed by atoms with E-state index in [2.05, 4.69) is 25.8 Å². The van der Waals surface area contributed by atoms with Crippen LogP contribution in [0.5, 0.6) is 0 Å². The Kier molecular flexibility index (Phi) is 5.52.